The van der Waals surface area contributed by atoms with E-state index in [2.05, 4.69) is 13.2 Å². The van der Waals surface area contributed by atoms with Crippen molar-refractivity contribution < 1.29 is 76.2 Å². The van der Waals surface area contributed by atoms with Crippen LogP contribution in [0.1, 0.15) is 113 Å². The summed E-state index contributed by atoms with van der Waals surface area (Å²) in [5.41, 5.74) is -0.0981. The number of carbonyl (C=O) groups excluding carboxylic acids is 7. The van der Waals surface area contributed by atoms with Crippen LogP contribution in [0.25, 0.3) is 0 Å². The van der Waals surface area contributed by atoms with E-state index in [1.165, 1.54) is 25.3 Å². The van der Waals surface area contributed by atoms with Crippen LogP contribution in [0.3, 0.4) is 0 Å². The molecule has 2 saturated carbocycles. The topological polar surface area (TPSA) is 203 Å². The Morgan fingerprint density at radius 3 is 1.14 bits per heavy atom. The van der Waals surface area contributed by atoms with Gasteiger partial charge in [0.05, 0.1) is 57.2 Å². The fourth-order valence-corrected chi connectivity index (χ4v) is 8.02. The molecule has 2 aliphatic rings. The number of ether oxygens (including phenoxy) is 9. The predicted octanol–water partition coefficient (Wildman–Crippen LogP) is 9.44. The largest absolute Gasteiger partial charge is 0.494 e. The average molecular weight is 969 g/mol. The lowest BCUT2D eigenvalue weighted by Crippen LogP contribution is -2.31. The SMILES string of the molecule is C=CC(=O)OCCCCCCOc1ccc(OC(=O)C2CCC(C(=O)Oc3ccc(OC(=O)C4CCC(C(=O)Oc5ccc(OCCCCCCOC(=O)C=C)cc5)CC4)c(C(=O)OC)c3)CC2)cc1. The maximum atomic E-state index is 13.3. The average Bonchev–Trinajstić information content (AvgIpc) is 3.38. The monoisotopic (exact) mass is 968 g/mol. The molecule has 0 radical (unpaired) electrons. The third-order valence-corrected chi connectivity index (χ3v) is 12.1. The number of esters is 7. The second-order valence-electron chi connectivity index (χ2n) is 17.1. The Hall–Kier alpha value is -6.97. The Labute approximate surface area is 408 Å². The van der Waals surface area contributed by atoms with Gasteiger partial charge in [-0.25, -0.2) is 14.4 Å². The molecule has 3 aromatic carbocycles. The van der Waals surface area contributed by atoms with Crippen molar-refractivity contribution in [1.29, 1.82) is 0 Å². The van der Waals surface area contributed by atoms with E-state index in [-0.39, 0.29) is 29.0 Å². The number of hydrogen-bond acceptors (Lipinski definition) is 16. The molecule has 3 aromatic rings. The maximum Gasteiger partial charge on any atom is 0.341 e. The van der Waals surface area contributed by atoms with Gasteiger partial charge in [0.15, 0.2) is 0 Å². The van der Waals surface area contributed by atoms with Crippen LogP contribution in [0.15, 0.2) is 92.0 Å². The van der Waals surface area contributed by atoms with Crippen molar-refractivity contribution in [2.45, 2.75) is 103 Å². The zero-order valence-electron chi connectivity index (χ0n) is 39.9. The lowest BCUT2D eigenvalue weighted by molar-refractivity contribution is -0.145. The minimum Gasteiger partial charge on any atom is -0.494 e. The van der Waals surface area contributed by atoms with Crippen molar-refractivity contribution in [3.8, 4) is 34.5 Å². The minimum atomic E-state index is -0.792. The molecule has 5 rings (SSSR count). The zero-order valence-corrected chi connectivity index (χ0v) is 39.9. The van der Waals surface area contributed by atoms with Crippen LogP contribution in [0.5, 0.6) is 34.5 Å². The van der Waals surface area contributed by atoms with E-state index in [0.717, 1.165) is 63.5 Å². The van der Waals surface area contributed by atoms with Crippen LogP contribution >= 0.6 is 0 Å². The molecule has 0 bridgehead atoms. The highest BCUT2D eigenvalue weighted by molar-refractivity contribution is 5.94. The number of carbonyl (C=O) groups is 7. The van der Waals surface area contributed by atoms with Gasteiger partial charge in [-0.3, -0.25) is 19.2 Å². The third kappa shape index (κ3) is 18.2. The van der Waals surface area contributed by atoms with E-state index >= 15 is 0 Å². The molecule has 0 aromatic heterocycles. The minimum absolute atomic E-state index is 0.0514. The second kappa shape index (κ2) is 29.1. The fraction of sp³-hybridized carbons (Fsp3) is 0.463. The van der Waals surface area contributed by atoms with E-state index in [0.29, 0.717) is 101 Å². The van der Waals surface area contributed by atoms with Gasteiger partial charge in [-0.1, -0.05) is 13.2 Å². The highest BCUT2D eigenvalue weighted by atomic mass is 16.6. The molecule has 0 atom stereocenters. The standard InChI is InChI=1S/C54H64O16/c1-4-48(55)65-34-12-8-6-10-32-63-41-22-26-43(27-23-41)67-50(57)37-14-16-39(17-15-37)52(59)69-45-30-31-47(46(36-45)54(61)62-3)70-53(60)40-20-18-38(19-21-40)51(58)68-44-28-24-42(25-29-44)64-33-11-7-9-13-35-66-49(56)5-2/h4-5,22-31,36-40H,1-2,6-21,32-35H2,3H3. The van der Waals surface area contributed by atoms with Crippen molar-refractivity contribution in [3.63, 3.8) is 0 Å². The van der Waals surface area contributed by atoms with Gasteiger partial charge >= 0.3 is 41.8 Å². The zero-order chi connectivity index (χ0) is 50.1. The van der Waals surface area contributed by atoms with E-state index in [4.69, 9.17) is 42.6 Å². The second-order valence-corrected chi connectivity index (χ2v) is 17.1. The van der Waals surface area contributed by atoms with Gasteiger partial charge in [-0.2, -0.15) is 0 Å². The molecule has 0 saturated heterocycles. The summed E-state index contributed by atoms with van der Waals surface area (Å²) in [6.45, 7) is 8.52. The molecule has 0 N–H and O–H groups in total. The summed E-state index contributed by atoms with van der Waals surface area (Å²) in [6.07, 6.45) is 12.4. The van der Waals surface area contributed by atoms with Gasteiger partial charge < -0.3 is 42.6 Å². The smallest absolute Gasteiger partial charge is 0.341 e. The van der Waals surface area contributed by atoms with Gasteiger partial charge in [0.25, 0.3) is 0 Å². The highest BCUT2D eigenvalue weighted by Crippen LogP contribution is 2.35. The third-order valence-electron chi connectivity index (χ3n) is 12.1. The van der Waals surface area contributed by atoms with Crippen LogP contribution < -0.4 is 28.4 Å². The van der Waals surface area contributed by atoms with Crippen molar-refractivity contribution >= 4 is 41.8 Å². The van der Waals surface area contributed by atoms with E-state index in [1.807, 2.05) is 0 Å². The quantitative estimate of drug-likeness (QED) is 0.0229. The first-order valence-corrected chi connectivity index (χ1v) is 24.1. The Morgan fingerprint density at radius 1 is 0.443 bits per heavy atom. The maximum absolute atomic E-state index is 13.3. The fourth-order valence-electron chi connectivity index (χ4n) is 8.02. The Kier molecular flexibility index (Phi) is 22.5. The molecule has 0 heterocycles. The summed E-state index contributed by atoms with van der Waals surface area (Å²) in [6, 6.07) is 17.7. The summed E-state index contributed by atoms with van der Waals surface area (Å²) in [5.74, 6) is -3.18. The molecule has 16 nitrogen and oxygen atoms in total. The molecule has 16 heteroatoms. The van der Waals surface area contributed by atoms with Gasteiger partial charge in [0, 0.05) is 12.2 Å². The highest BCUT2D eigenvalue weighted by Gasteiger charge is 2.34. The number of unbranched alkanes of at least 4 members (excludes halogenated alkanes) is 6. The van der Waals surface area contributed by atoms with Gasteiger partial charge in [-0.05, 0) is 169 Å². The summed E-state index contributed by atoms with van der Waals surface area (Å²) in [4.78, 5) is 87.5. The number of hydrogen-bond donors (Lipinski definition) is 0. The summed E-state index contributed by atoms with van der Waals surface area (Å²) in [7, 11) is 1.18. The Balaban J connectivity index is 0.982. The summed E-state index contributed by atoms with van der Waals surface area (Å²) >= 11 is 0. The molecule has 0 amide bonds. The lowest BCUT2D eigenvalue weighted by atomic mass is 9.82. The van der Waals surface area contributed by atoms with E-state index in [1.54, 1.807) is 48.5 Å². The molecule has 376 valence electrons. The first-order valence-electron chi connectivity index (χ1n) is 24.1. The molecule has 0 spiro atoms. The summed E-state index contributed by atoms with van der Waals surface area (Å²) < 4.78 is 49.0. The normalized spacial score (nSPS) is 17.4. The lowest BCUT2D eigenvalue weighted by Gasteiger charge is -2.26. The van der Waals surface area contributed by atoms with Crippen LogP contribution in [-0.4, -0.2) is 75.3 Å². The molecular weight excluding hydrogens is 905 g/mol. The van der Waals surface area contributed by atoms with Crippen LogP contribution in [0.4, 0.5) is 0 Å². The van der Waals surface area contributed by atoms with Crippen molar-refractivity contribution in [1.82, 2.24) is 0 Å². The van der Waals surface area contributed by atoms with Crippen molar-refractivity contribution in [2.24, 2.45) is 23.7 Å². The first kappa shape index (κ1) is 54.0. The van der Waals surface area contributed by atoms with Crippen molar-refractivity contribution in [2.75, 3.05) is 33.5 Å². The molecule has 0 unspecified atom stereocenters. The summed E-state index contributed by atoms with van der Waals surface area (Å²) in [5, 5.41) is 0. The predicted molar refractivity (Wildman–Crippen MR) is 254 cm³/mol. The van der Waals surface area contributed by atoms with Crippen LogP contribution in [-0.2, 0) is 43.0 Å². The van der Waals surface area contributed by atoms with Crippen molar-refractivity contribution in [3.05, 3.63) is 97.6 Å². The van der Waals surface area contributed by atoms with E-state index in [9.17, 15) is 33.6 Å². The van der Waals surface area contributed by atoms with Crippen LogP contribution in [0.2, 0.25) is 0 Å². The molecule has 0 aliphatic heterocycles. The molecule has 2 aliphatic carbocycles. The van der Waals surface area contributed by atoms with E-state index < -0.39 is 53.5 Å². The number of methoxy groups -OCH3 is 1. The van der Waals surface area contributed by atoms with Gasteiger partial charge in [0.1, 0.15) is 40.1 Å². The van der Waals surface area contributed by atoms with Crippen LogP contribution in [0, 0.1) is 23.7 Å². The first-order chi connectivity index (χ1) is 34.0. The number of rotatable bonds is 27. The Bertz CT molecular complexity index is 2220. The Morgan fingerprint density at radius 2 is 0.771 bits per heavy atom. The van der Waals surface area contributed by atoms with Gasteiger partial charge in [0.2, 0.25) is 0 Å². The molecule has 2 fully saturated rings. The molecular formula is C54H64O16. The molecule has 70 heavy (non-hydrogen) atoms. The number of benzene rings is 3. The van der Waals surface area contributed by atoms with Gasteiger partial charge in [-0.15, -0.1) is 0 Å².